The molecule has 1 aliphatic rings. The molecule has 2 heterocycles. The Balaban J connectivity index is 2.06. The van der Waals surface area contributed by atoms with E-state index in [2.05, 4.69) is 15.7 Å². The van der Waals surface area contributed by atoms with E-state index in [1.54, 1.807) is 20.8 Å². The van der Waals surface area contributed by atoms with Crippen LogP contribution in [0.3, 0.4) is 0 Å². The van der Waals surface area contributed by atoms with Gasteiger partial charge in [-0.1, -0.05) is 5.16 Å². The van der Waals surface area contributed by atoms with Crippen LogP contribution in [0.2, 0.25) is 0 Å². The number of anilines is 2. The number of ether oxygens (including phenoxy) is 1. The molecule has 0 bridgehead atoms. The van der Waals surface area contributed by atoms with Crippen molar-refractivity contribution in [3.63, 3.8) is 0 Å². The number of hydrazone groups is 1. The fourth-order valence-electron chi connectivity index (χ4n) is 2.89. The van der Waals surface area contributed by atoms with E-state index in [0.717, 1.165) is 17.0 Å². The third-order valence-corrected chi connectivity index (χ3v) is 5.95. The van der Waals surface area contributed by atoms with Crippen LogP contribution in [0.25, 0.3) is 0 Å². The van der Waals surface area contributed by atoms with Gasteiger partial charge in [0.05, 0.1) is 22.8 Å². The number of fused-ring (bicyclic) bond motifs is 1. The van der Waals surface area contributed by atoms with Gasteiger partial charge in [0.1, 0.15) is 0 Å². The summed E-state index contributed by atoms with van der Waals surface area (Å²) in [4.78, 5) is 24.8. The molecule has 0 spiro atoms. The minimum atomic E-state index is -4.80. The molecule has 1 aliphatic heterocycles. The maximum Gasteiger partial charge on any atom is 0.416 e. The molecule has 3 rings (SSSR count). The number of esters is 1. The van der Waals surface area contributed by atoms with Gasteiger partial charge in [-0.25, -0.2) is 13.2 Å². The number of carbonyl (C=O) groups is 2. The highest BCUT2D eigenvalue weighted by Gasteiger charge is 2.44. The number of hydrogen-bond donors (Lipinski definition) is 1. The molecule has 0 fully saturated rings. The summed E-state index contributed by atoms with van der Waals surface area (Å²) in [6.45, 7) is 4.76. The number of sulfone groups is 1. The Morgan fingerprint density at radius 1 is 1.31 bits per heavy atom. The van der Waals surface area contributed by atoms with Gasteiger partial charge in [-0.15, -0.1) is 0 Å². The van der Waals surface area contributed by atoms with Gasteiger partial charge in [0.15, 0.2) is 5.82 Å². The zero-order chi connectivity index (χ0) is 23.8. The van der Waals surface area contributed by atoms with E-state index in [1.165, 1.54) is 0 Å². The molecule has 1 aromatic heterocycles. The van der Waals surface area contributed by atoms with Crippen molar-refractivity contribution >= 4 is 38.3 Å². The maximum atomic E-state index is 13.2. The van der Waals surface area contributed by atoms with Crippen molar-refractivity contribution in [2.45, 2.75) is 37.9 Å². The normalized spacial score (nSPS) is 16.9. The number of rotatable bonds is 5. The minimum absolute atomic E-state index is 0.0711. The lowest BCUT2D eigenvalue weighted by molar-refractivity contribution is -0.137. The predicted molar refractivity (Wildman–Crippen MR) is 105 cm³/mol. The van der Waals surface area contributed by atoms with Crippen LogP contribution in [-0.2, 0) is 25.5 Å². The van der Waals surface area contributed by atoms with Crippen LogP contribution in [0, 0.1) is 0 Å². The number of amides is 1. The number of carbonyl (C=O) groups excluding carboxylic acids is 2. The molecule has 172 valence electrons. The average Bonchev–Trinajstić information content (AvgIpc) is 3.16. The number of alkyl halides is 3. The Morgan fingerprint density at radius 2 is 2.00 bits per heavy atom. The summed E-state index contributed by atoms with van der Waals surface area (Å²) in [5.74, 6) is -2.42. The van der Waals surface area contributed by atoms with E-state index in [-0.39, 0.29) is 23.9 Å². The fourth-order valence-corrected chi connectivity index (χ4v) is 4.32. The van der Waals surface area contributed by atoms with E-state index in [4.69, 9.17) is 9.26 Å². The Labute approximate surface area is 179 Å². The first-order valence-electron chi connectivity index (χ1n) is 9.15. The van der Waals surface area contributed by atoms with E-state index < -0.39 is 49.4 Å². The molecule has 0 aliphatic carbocycles. The van der Waals surface area contributed by atoms with Crippen LogP contribution in [0.15, 0.2) is 38.8 Å². The van der Waals surface area contributed by atoms with Crippen LogP contribution >= 0.6 is 0 Å². The Morgan fingerprint density at radius 3 is 2.59 bits per heavy atom. The Hall–Kier alpha value is -3.42. The van der Waals surface area contributed by atoms with Gasteiger partial charge in [-0.05, 0) is 39.0 Å². The van der Waals surface area contributed by atoms with Crippen LogP contribution in [0.1, 0.15) is 36.9 Å². The van der Waals surface area contributed by atoms with Crippen molar-refractivity contribution in [3.05, 3.63) is 35.6 Å². The van der Waals surface area contributed by atoms with Gasteiger partial charge in [-0.3, -0.25) is 10.2 Å². The molecule has 0 atom stereocenters. The summed E-state index contributed by atoms with van der Waals surface area (Å²) in [5.41, 5.74) is 0.794. The smallest absolute Gasteiger partial charge is 0.416 e. The molecule has 1 amide bonds. The number of halogens is 3. The molecule has 32 heavy (non-hydrogen) atoms. The third-order valence-electron chi connectivity index (χ3n) is 4.27. The molecule has 0 radical (unpaired) electrons. The predicted octanol–water partition coefficient (Wildman–Crippen LogP) is 2.82. The van der Waals surface area contributed by atoms with Gasteiger partial charge in [0, 0.05) is 12.1 Å². The van der Waals surface area contributed by atoms with E-state index in [9.17, 15) is 31.2 Å². The van der Waals surface area contributed by atoms with Crippen molar-refractivity contribution < 1.29 is 40.4 Å². The lowest BCUT2D eigenvalue weighted by Crippen LogP contribution is -2.48. The topological polar surface area (TPSA) is 131 Å². The largest absolute Gasteiger partial charge is 0.460 e. The van der Waals surface area contributed by atoms with Crippen molar-refractivity contribution in [2.75, 3.05) is 16.9 Å². The summed E-state index contributed by atoms with van der Waals surface area (Å²) in [6, 6.07) is 2.54. The van der Waals surface area contributed by atoms with Crippen LogP contribution in [0.4, 0.5) is 24.7 Å². The lowest BCUT2D eigenvalue weighted by atomic mass is 10.1. The molecule has 0 unspecified atom stereocenters. The molecule has 0 saturated heterocycles. The number of benzene rings is 1. The average molecular weight is 474 g/mol. The Kier molecular flexibility index (Phi) is 6.00. The first kappa shape index (κ1) is 23.2. The van der Waals surface area contributed by atoms with E-state index >= 15 is 0 Å². The summed E-state index contributed by atoms with van der Waals surface area (Å²) in [5, 5.41) is 5.98. The molecule has 14 heteroatoms. The van der Waals surface area contributed by atoms with Crippen LogP contribution < -0.4 is 10.3 Å². The maximum absolute atomic E-state index is 13.2. The molecule has 0 saturated carbocycles. The van der Waals surface area contributed by atoms with Crippen LogP contribution in [0.5, 0.6) is 0 Å². The quantitative estimate of drug-likeness (QED) is 0.517. The van der Waals surface area contributed by atoms with Crippen molar-refractivity contribution in [2.24, 2.45) is 5.10 Å². The van der Waals surface area contributed by atoms with Gasteiger partial charge in [-0.2, -0.15) is 18.3 Å². The molecule has 10 nitrogen and oxygen atoms in total. The highest BCUT2D eigenvalue weighted by Crippen LogP contribution is 2.38. The summed E-state index contributed by atoms with van der Waals surface area (Å²) >= 11 is 0. The Bertz CT molecular complexity index is 1200. The number of hydrogen-bond acceptors (Lipinski definition) is 9. The number of nitrogens with one attached hydrogen (secondary N) is 1. The highest BCUT2D eigenvalue weighted by atomic mass is 32.2. The zero-order valence-corrected chi connectivity index (χ0v) is 17.7. The second-order valence-electron chi connectivity index (χ2n) is 6.78. The summed E-state index contributed by atoms with van der Waals surface area (Å²) in [6.07, 6.45) is -4.80. The third kappa shape index (κ3) is 4.17. The first-order chi connectivity index (χ1) is 14.9. The van der Waals surface area contributed by atoms with Gasteiger partial charge in [0.2, 0.25) is 20.6 Å². The number of aromatic nitrogens is 1. The summed E-state index contributed by atoms with van der Waals surface area (Å²) in [7, 11) is -4.72. The lowest BCUT2D eigenvalue weighted by Gasteiger charge is -2.33. The van der Waals surface area contributed by atoms with Gasteiger partial charge in [0.25, 0.3) is 5.91 Å². The van der Waals surface area contributed by atoms with Crippen molar-refractivity contribution in [1.29, 1.82) is 0 Å². The molecule has 2 aromatic rings. The molecular formula is C18H17F3N4O6S. The second kappa shape index (κ2) is 8.26. The van der Waals surface area contributed by atoms with Crippen LogP contribution in [-0.4, -0.2) is 43.1 Å². The van der Waals surface area contributed by atoms with Crippen molar-refractivity contribution in [3.8, 4) is 0 Å². The SMILES string of the molecule is CCOC(=O)c1cc(NN=C2C(=O)N(C(C)C)c3ccc(C(F)(F)F)cc3S2(=O)=O)no1. The van der Waals surface area contributed by atoms with Crippen molar-refractivity contribution in [1.82, 2.24) is 5.16 Å². The standard InChI is InChI=1S/C18H17F3N4O6S/c1-4-30-17(27)12-8-14(24-31-12)22-23-15-16(26)25(9(2)3)11-6-5-10(18(19,20)21)7-13(11)32(15,28)29/h5-9H,4H2,1-3H3,(H,22,24). The first-order valence-corrected chi connectivity index (χ1v) is 10.6. The van der Waals surface area contributed by atoms with Gasteiger partial charge >= 0.3 is 12.1 Å². The number of nitrogens with zero attached hydrogens (tertiary/aromatic N) is 3. The molecular weight excluding hydrogens is 457 g/mol. The highest BCUT2D eigenvalue weighted by molar-refractivity contribution is 8.08. The monoisotopic (exact) mass is 474 g/mol. The molecule has 1 aromatic carbocycles. The molecule has 1 N–H and O–H groups in total. The van der Waals surface area contributed by atoms with E-state index in [1.807, 2.05) is 0 Å². The minimum Gasteiger partial charge on any atom is -0.460 e. The second-order valence-corrected chi connectivity index (χ2v) is 8.61. The van der Waals surface area contributed by atoms with Gasteiger partial charge < -0.3 is 14.2 Å². The zero-order valence-electron chi connectivity index (χ0n) is 16.9. The van der Waals surface area contributed by atoms with E-state index in [0.29, 0.717) is 12.1 Å². The fraction of sp³-hybridized carbons (Fsp3) is 0.333. The summed E-state index contributed by atoms with van der Waals surface area (Å²) < 4.78 is 74.9.